The number of allylic oxidation sites excluding steroid dienone is 1. The van der Waals surface area contributed by atoms with Gasteiger partial charge in [0.15, 0.2) is 24.0 Å². The lowest BCUT2D eigenvalue weighted by Gasteiger charge is -2.45. The number of ether oxygens (including phenoxy) is 7. The highest BCUT2D eigenvalue weighted by Crippen LogP contribution is 2.31. The highest BCUT2D eigenvalue weighted by atomic mass is 16.7. The summed E-state index contributed by atoms with van der Waals surface area (Å²) in [5.41, 5.74) is 2.50. The highest BCUT2D eigenvalue weighted by Gasteiger charge is 2.49. The molecule has 2 fully saturated rings. The molecule has 14 nitrogen and oxygen atoms in total. The molecule has 2 aliphatic rings. The Labute approximate surface area is 350 Å². The minimum absolute atomic E-state index is 0.00233. The number of aliphatic hydroxyl groups is 1. The summed E-state index contributed by atoms with van der Waals surface area (Å²) in [5, 5.41) is 10.3. The minimum Gasteiger partial charge on any atom is -0.453 e. The van der Waals surface area contributed by atoms with Crippen LogP contribution in [0.5, 0.6) is 0 Å². The van der Waals surface area contributed by atoms with Crippen molar-refractivity contribution in [1.82, 2.24) is 4.90 Å². The van der Waals surface area contributed by atoms with Crippen molar-refractivity contribution in [3.63, 3.8) is 0 Å². The lowest BCUT2D eigenvalue weighted by Crippen LogP contribution is -2.61. The number of methoxy groups -OCH3 is 1. The number of ketones is 2. The van der Waals surface area contributed by atoms with Crippen molar-refractivity contribution in [2.24, 2.45) is 11.8 Å². The molecule has 3 aromatic carbocycles. The molecule has 2 aliphatic heterocycles. The van der Waals surface area contributed by atoms with Crippen molar-refractivity contribution in [3.8, 4) is 0 Å². The quantitative estimate of drug-likeness (QED) is 0.0799. The van der Waals surface area contributed by atoms with Gasteiger partial charge in [0, 0.05) is 27.1 Å². The third kappa shape index (κ3) is 12.7. The van der Waals surface area contributed by atoms with E-state index in [2.05, 4.69) is 0 Å². The van der Waals surface area contributed by atoms with Crippen LogP contribution in [-0.4, -0.2) is 109 Å². The number of esters is 1. The SMILES string of the molecule is CO[C@H]1O[C@H](CO)[C@@H](OCc2ccccc2)[C@H](OCc2ccccc2)[C@@H]1OCCCC(=O)C=CC(=O)[C@H](OC(C)=O)[C@H](Cc1ccccc1)C(=O)N1C(=O)OC[C@H]1C(C)C. The van der Waals surface area contributed by atoms with Crippen molar-refractivity contribution in [1.29, 1.82) is 0 Å². The lowest BCUT2D eigenvalue weighted by atomic mass is 9.89. The average Bonchev–Trinajstić information content (AvgIpc) is 3.66. The van der Waals surface area contributed by atoms with Crippen LogP contribution in [0.4, 0.5) is 4.79 Å². The van der Waals surface area contributed by atoms with E-state index in [9.17, 15) is 29.1 Å². The molecule has 0 aromatic heterocycles. The van der Waals surface area contributed by atoms with Crippen LogP contribution < -0.4 is 0 Å². The maximum atomic E-state index is 14.1. The fourth-order valence-corrected chi connectivity index (χ4v) is 7.20. The molecule has 0 unspecified atom stereocenters. The van der Waals surface area contributed by atoms with E-state index in [1.807, 2.05) is 74.5 Å². The van der Waals surface area contributed by atoms with Crippen LogP contribution in [-0.2, 0) is 72.0 Å². The van der Waals surface area contributed by atoms with Gasteiger partial charge in [-0.05, 0) is 47.6 Å². The maximum Gasteiger partial charge on any atom is 0.416 e. The fourth-order valence-electron chi connectivity index (χ4n) is 7.20. The summed E-state index contributed by atoms with van der Waals surface area (Å²) in [6.07, 6.45) is -4.27. The summed E-state index contributed by atoms with van der Waals surface area (Å²) in [7, 11) is 1.46. The summed E-state index contributed by atoms with van der Waals surface area (Å²) >= 11 is 0. The Morgan fingerprint density at radius 3 is 1.95 bits per heavy atom. The van der Waals surface area contributed by atoms with Crippen molar-refractivity contribution < 1.29 is 62.2 Å². The molecule has 1 N–H and O–H groups in total. The van der Waals surface area contributed by atoms with Gasteiger partial charge in [-0.1, -0.05) is 105 Å². The second kappa shape index (κ2) is 23.1. The first-order valence-electron chi connectivity index (χ1n) is 20.2. The molecular formula is C46H55NO13. The Morgan fingerprint density at radius 2 is 1.40 bits per heavy atom. The van der Waals surface area contributed by atoms with Gasteiger partial charge in [-0.3, -0.25) is 19.2 Å². The van der Waals surface area contributed by atoms with Gasteiger partial charge in [0.25, 0.3) is 0 Å². The number of cyclic esters (lactones) is 1. The zero-order valence-corrected chi connectivity index (χ0v) is 34.5. The molecule has 8 atom stereocenters. The molecule has 3 aromatic rings. The fraction of sp³-hybridized carbons (Fsp3) is 0.457. The molecule has 5 rings (SSSR count). The van der Waals surface area contributed by atoms with Gasteiger partial charge >= 0.3 is 12.1 Å². The number of imide groups is 1. The van der Waals surface area contributed by atoms with Crippen LogP contribution in [0.25, 0.3) is 0 Å². The Balaban J connectivity index is 1.27. The van der Waals surface area contributed by atoms with Gasteiger partial charge in [-0.25, -0.2) is 9.69 Å². The van der Waals surface area contributed by atoms with E-state index in [0.717, 1.165) is 35.1 Å². The number of hydrogen-bond donors (Lipinski definition) is 1. The van der Waals surface area contributed by atoms with Gasteiger partial charge in [-0.2, -0.15) is 0 Å². The molecule has 0 bridgehead atoms. The van der Waals surface area contributed by atoms with Crippen molar-refractivity contribution in [3.05, 3.63) is 120 Å². The Kier molecular flexibility index (Phi) is 17.7. The van der Waals surface area contributed by atoms with Crippen molar-refractivity contribution in [2.45, 2.75) is 96.1 Å². The highest BCUT2D eigenvalue weighted by molar-refractivity contribution is 6.04. The van der Waals surface area contributed by atoms with Crippen LogP contribution in [0.1, 0.15) is 50.3 Å². The third-order valence-corrected chi connectivity index (χ3v) is 10.4. The number of nitrogens with zero attached hydrogens (tertiary/aromatic N) is 1. The number of benzene rings is 3. The molecule has 2 heterocycles. The second-order valence-corrected chi connectivity index (χ2v) is 15.0. The van der Waals surface area contributed by atoms with Gasteiger partial charge in [0.1, 0.15) is 31.0 Å². The zero-order valence-electron chi connectivity index (χ0n) is 34.5. The third-order valence-electron chi connectivity index (χ3n) is 10.4. The average molecular weight is 830 g/mol. The largest absolute Gasteiger partial charge is 0.453 e. The number of carbonyl (C=O) groups is 5. The zero-order chi connectivity index (χ0) is 43.0. The lowest BCUT2D eigenvalue weighted by molar-refractivity contribution is -0.319. The second-order valence-electron chi connectivity index (χ2n) is 15.0. The van der Waals surface area contributed by atoms with E-state index in [0.29, 0.717) is 5.56 Å². The molecule has 322 valence electrons. The predicted octanol–water partition coefficient (Wildman–Crippen LogP) is 5.17. The Bertz CT molecular complexity index is 1870. The monoisotopic (exact) mass is 829 g/mol. The van der Waals surface area contributed by atoms with Crippen LogP contribution in [0.2, 0.25) is 0 Å². The molecular weight excluding hydrogens is 774 g/mol. The molecule has 2 saturated heterocycles. The van der Waals surface area contributed by atoms with Gasteiger partial charge in [0.05, 0.1) is 31.8 Å². The first-order valence-corrected chi connectivity index (χ1v) is 20.2. The van der Waals surface area contributed by atoms with Gasteiger partial charge in [-0.15, -0.1) is 0 Å². The first-order chi connectivity index (χ1) is 29.0. The molecule has 14 heteroatoms. The molecule has 0 aliphatic carbocycles. The number of aliphatic hydroxyl groups excluding tert-OH is 1. The van der Waals surface area contributed by atoms with E-state index >= 15 is 0 Å². The minimum atomic E-state index is -1.63. The van der Waals surface area contributed by atoms with E-state index < -0.39 is 78.3 Å². The van der Waals surface area contributed by atoms with Gasteiger partial charge in [0.2, 0.25) is 5.91 Å². The van der Waals surface area contributed by atoms with Crippen molar-refractivity contribution in [2.75, 3.05) is 26.9 Å². The standard InChI is InChI=1S/C46H55NO13/c1-30(2)37-29-58-46(53)47(37)44(52)36(25-32-15-8-5-9-16-32)40(59-31(3)49)38(51)23-22-35(50)21-14-24-55-43-42(57-28-34-19-12-7-13-20-34)41(39(26-48)60-45(43)54-4)56-27-33-17-10-6-11-18-33/h5-13,15-20,22-23,30,36-37,39-43,45,48H,14,21,24-29H2,1-4H3/t36-,37-,39+,40+,41+,42-,43-,45-/m0/s1. The summed E-state index contributed by atoms with van der Waals surface area (Å²) in [4.78, 5) is 67.2. The number of amides is 2. The smallest absolute Gasteiger partial charge is 0.416 e. The first kappa shape index (κ1) is 46.0. The molecule has 2 amide bonds. The van der Waals surface area contributed by atoms with E-state index in [1.54, 1.807) is 30.3 Å². The number of carbonyl (C=O) groups excluding carboxylic acids is 5. The van der Waals surface area contributed by atoms with Gasteiger partial charge < -0.3 is 38.3 Å². The summed E-state index contributed by atoms with van der Waals surface area (Å²) < 4.78 is 41.5. The van der Waals surface area contributed by atoms with Crippen molar-refractivity contribution >= 4 is 29.5 Å². The van der Waals surface area contributed by atoms with Crippen LogP contribution >= 0.6 is 0 Å². The topological polar surface area (TPSA) is 173 Å². The number of hydrogen-bond acceptors (Lipinski definition) is 13. The molecule has 0 saturated carbocycles. The van der Waals surface area contributed by atoms with Crippen LogP contribution in [0.15, 0.2) is 103 Å². The summed E-state index contributed by atoms with van der Waals surface area (Å²) in [6, 6.07) is 27.4. The van der Waals surface area contributed by atoms with Crippen LogP contribution in [0.3, 0.4) is 0 Å². The van der Waals surface area contributed by atoms with Crippen LogP contribution in [0, 0.1) is 11.8 Å². The summed E-state index contributed by atoms with van der Waals surface area (Å²) in [6.45, 7) is 4.94. The predicted molar refractivity (Wildman–Crippen MR) is 217 cm³/mol. The Morgan fingerprint density at radius 1 is 0.817 bits per heavy atom. The molecule has 60 heavy (non-hydrogen) atoms. The van der Waals surface area contributed by atoms with E-state index in [4.69, 9.17) is 33.2 Å². The number of rotatable bonds is 22. The normalized spacial score (nSPS) is 22.7. The maximum absolute atomic E-state index is 14.1. The summed E-state index contributed by atoms with van der Waals surface area (Å²) in [5.74, 6) is -4.19. The Hall–Kier alpha value is -5.09. The molecule has 0 radical (unpaired) electrons. The molecule has 0 spiro atoms. The van der Waals surface area contributed by atoms with E-state index in [-0.39, 0.29) is 58.2 Å². The van der Waals surface area contributed by atoms with E-state index in [1.165, 1.54) is 7.11 Å².